The number of anilines is 1. The van der Waals surface area contributed by atoms with Crippen molar-refractivity contribution in [3.8, 4) is 5.69 Å². The molecule has 1 N–H and O–H groups in total. The Morgan fingerprint density at radius 1 is 1.20 bits per heavy atom. The Balaban J connectivity index is 1.65. The summed E-state index contributed by atoms with van der Waals surface area (Å²) in [7, 11) is 0. The van der Waals surface area contributed by atoms with Crippen LogP contribution in [0.5, 0.6) is 0 Å². The van der Waals surface area contributed by atoms with E-state index < -0.39 is 34.9 Å². The largest absolute Gasteiger partial charge is 0.445 e. The van der Waals surface area contributed by atoms with E-state index in [9.17, 15) is 22.8 Å². The molecule has 0 fully saturated rings. The molecule has 0 aliphatic carbocycles. The summed E-state index contributed by atoms with van der Waals surface area (Å²) in [6.07, 6.45) is -1.72. The van der Waals surface area contributed by atoms with Crippen LogP contribution in [-0.2, 0) is 22.1 Å². The normalized spacial score (nSPS) is 18.5. The molecular formula is C21H16F3N3O3. The van der Waals surface area contributed by atoms with Gasteiger partial charge in [-0.1, -0.05) is 18.2 Å². The molecule has 4 rings (SSSR count). The summed E-state index contributed by atoms with van der Waals surface area (Å²) < 4.78 is 47.5. The van der Waals surface area contributed by atoms with Crippen molar-refractivity contribution in [1.29, 1.82) is 0 Å². The topological polar surface area (TPSA) is 73.2 Å². The Bertz CT molecular complexity index is 1130. The molecule has 1 atom stereocenters. The molecule has 2 heterocycles. The van der Waals surface area contributed by atoms with E-state index in [1.807, 2.05) is 0 Å². The number of hydrogen-bond donors (Lipinski definition) is 1. The molecule has 0 saturated carbocycles. The molecule has 0 spiro atoms. The van der Waals surface area contributed by atoms with Gasteiger partial charge in [-0.15, -0.1) is 0 Å². The third kappa shape index (κ3) is 3.54. The molecular weight excluding hydrogens is 399 g/mol. The Kier molecular flexibility index (Phi) is 4.60. The summed E-state index contributed by atoms with van der Waals surface area (Å²) in [6.45, 7) is 1.38. The Morgan fingerprint density at radius 2 is 1.97 bits per heavy atom. The molecule has 0 saturated heterocycles. The van der Waals surface area contributed by atoms with Gasteiger partial charge >= 0.3 is 12.1 Å². The number of hydrogen-bond acceptors (Lipinski definition) is 4. The number of rotatable bonds is 3. The van der Waals surface area contributed by atoms with Crippen molar-refractivity contribution in [1.82, 2.24) is 9.78 Å². The number of nitrogens with one attached hydrogen (secondary N) is 1. The van der Waals surface area contributed by atoms with Gasteiger partial charge in [0.25, 0.3) is 5.91 Å². The van der Waals surface area contributed by atoms with Gasteiger partial charge in [-0.3, -0.25) is 4.79 Å². The van der Waals surface area contributed by atoms with Gasteiger partial charge in [0, 0.05) is 18.8 Å². The third-order valence-electron chi connectivity index (χ3n) is 4.89. The first kappa shape index (κ1) is 19.7. The van der Waals surface area contributed by atoms with Crippen LogP contribution < -0.4 is 5.32 Å². The first-order valence-electron chi connectivity index (χ1n) is 9.01. The standard InChI is InChI=1S/C21H16F3N3O3/c1-20(12-13-5-2-3-6-15(13)18(28)30-20)19(29)26-17-8-7-14(27-10-4-9-25-27)11-16(17)21(22,23)24/h2-11H,12H2,1H3,(H,26,29). The number of cyclic esters (lactones) is 1. The molecule has 0 radical (unpaired) electrons. The molecule has 154 valence electrons. The molecule has 3 aromatic rings. The number of fused-ring (bicyclic) bond motifs is 1. The van der Waals surface area contributed by atoms with Crippen LogP contribution in [0.3, 0.4) is 0 Å². The summed E-state index contributed by atoms with van der Waals surface area (Å²) in [5, 5.41) is 6.20. The van der Waals surface area contributed by atoms with Crippen molar-refractivity contribution in [2.75, 3.05) is 5.32 Å². The number of halogens is 3. The van der Waals surface area contributed by atoms with Crippen molar-refractivity contribution in [3.63, 3.8) is 0 Å². The van der Waals surface area contributed by atoms with E-state index in [0.717, 1.165) is 12.1 Å². The summed E-state index contributed by atoms with van der Waals surface area (Å²) in [5.41, 5.74) is -1.99. The average molecular weight is 415 g/mol. The summed E-state index contributed by atoms with van der Waals surface area (Å²) in [6, 6.07) is 11.7. The fourth-order valence-electron chi connectivity index (χ4n) is 3.35. The maximum atomic E-state index is 13.7. The van der Waals surface area contributed by atoms with E-state index in [4.69, 9.17) is 4.74 Å². The van der Waals surface area contributed by atoms with E-state index >= 15 is 0 Å². The number of ether oxygens (including phenoxy) is 1. The Labute approximate surface area is 169 Å². The van der Waals surface area contributed by atoms with Crippen LogP contribution in [0.2, 0.25) is 0 Å². The van der Waals surface area contributed by atoms with Crippen LogP contribution >= 0.6 is 0 Å². The van der Waals surface area contributed by atoms with E-state index in [1.165, 1.54) is 30.1 Å². The predicted octanol–water partition coefficient (Wildman–Crippen LogP) is 4.00. The van der Waals surface area contributed by atoms with Gasteiger partial charge in [-0.05, 0) is 42.8 Å². The number of carbonyl (C=O) groups is 2. The molecule has 6 nitrogen and oxygen atoms in total. The van der Waals surface area contributed by atoms with Crippen molar-refractivity contribution in [2.24, 2.45) is 0 Å². The molecule has 1 aliphatic heterocycles. The minimum atomic E-state index is -4.72. The molecule has 0 bridgehead atoms. The highest BCUT2D eigenvalue weighted by molar-refractivity contribution is 6.02. The van der Waals surface area contributed by atoms with E-state index in [0.29, 0.717) is 11.1 Å². The maximum absolute atomic E-state index is 13.7. The van der Waals surface area contributed by atoms with Gasteiger partial charge in [0.15, 0.2) is 5.60 Å². The van der Waals surface area contributed by atoms with E-state index in [-0.39, 0.29) is 12.1 Å². The van der Waals surface area contributed by atoms with E-state index in [1.54, 1.807) is 30.3 Å². The summed E-state index contributed by atoms with van der Waals surface area (Å²) in [5.74, 6) is -1.54. The van der Waals surface area contributed by atoms with Gasteiger partial charge in [-0.25, -0.2) is 9.48 Å². The van der Waals surface area contributed by atoms with Gasteiger partial charge in [-0.2, -0.15) is 18.3 Å². The fraction of sp³-hybridized carbons (Fsp3) is 0.190. The van der Waals surface area contributed by atoms with Gasteiger partial charge < -0.3 is 10.1 Å². The lowest BCUT2D eigenvalue weighted by molar-refractivity contribution is -0.137. The highest BCUT2D eigenvalue weighted by Crippen LogP contribution is 2.37. The zero-order valence-corrected chi connectivity index (χ0v) is 15.7. The molecule has 1 aliphatic rings. The SMILES string of the molecule is CC1(C(=O)Nc2ccc(-n3cccn3)cc2C(F)(F)F)Cc2ccccc2C(=O)O1. The highest BCUT2D eigenvalue weighted by Gasteiger charge is 2.43. The van der Waals surface area contributed by atoms with Crippen LogP contribution in [0.4, 0.5) is 18.9 Å². The second-order valence-corrected chi connectivity index (χ2v) is 7.09. The lowest BCUT2D eigenvalue weighted by Gasteiger charge is -2.33. The van der Waals surface area contributed by atoms with Crippen molar-refractivity contribution in [3.05, 3.63) is 77.6 Å². The van der Waals surface area contributed by atoms with Crippen LogP contribution in [0.25, 0.3) is 5.69 Å². The number of esters is 1. The minimum absolute atomic E-state index is 0.0491. The second-order valence-electron chi connectivity index (χ2n) is 7.09. The number of nitrogens with zero attached hydrogens (tertiary/aromatic N) is 2. The smallest absolute Gasteiger partial charge is 0.418 e. The lowest BCUT2D eigenvalue weighted by atomic mass is 9.89. The maximum Gasteiger partial charge on any atom is 0.418 e. The van der Waals surface area contributed by atoms with E-state index in [2.05, 4.69) is 10.4 Å². The van der Waals surface area contributed by atoms with Gasteiger partial charge in [0.2, 0.25) is 0 Å². The van der Waals surface area contributed by atoms with Crippen LogP contribution in [0.1, 0.15) is 28.4 Å². The predicted molar refractivity (Wildman–Crippen MR) is 101 cm³/mol. The summed E-state index contributed by atoms with van der Waals surface area (Å²) in [4.78, 5) is 25.1. The average Bonchev–Trinajstić information content (AvgIpc) is 3.22. The van der Waals surface area contributed by atoms with Crippen molar-refractivity contribution < 1.29 is 27.5 Å². The molecule has 30 heavy (non-hydrogen) atoms. The number of aromatic nitrogens is 2. The number of carbonyl (C=O) groups excluding carboxylic acids is 2. The Morgan fingerprint density at radius 3 is 2.67 bits per heavy atom. The van der Waals surface area contributed by atoms with Crippen molar-refractivity contribution in [2.45, 2.75) is 25.1 Å². The first-order chi connectivity index (χ1) is 14.2. The van der Waals surface area contributed by atoms with Gasteiger partial charge in [0.1, 0.15) is 0 Å². The lowest BCUT2D eigenvalue weighted by Crippen LogP contribution is -2.49. The van der Waals surface area contributed by atoms with Crippen LogP contribution in [-0.4, -0.2) is 27.3 Å². The number of alkyl halides is 3. The number of benzene rings is 2. The number of amides is 1. The molecule has 2 aromatic carbocycles. The molecule has 1 aromatic heterocycles. The molecule has 9 heteroatoms. The second kappa shape index (κ2) is 7.01. The molecule has 1 amide bonds. The summed E-state index contributed by atoms with van der Waals surface area (Å²) >= 11 is 0. The zero-order chi connectivity index (χ0) is 21.5. The zero-order valence-electron chi connectivity index (χ0n) is 15.7. The van der Waals surface area contributed by atoms with Crippen LogP contribution in [0.15, 0.2) is 60.9 Å². The Hall–Kier alpha value is -3.62. The van der Waals surface area contributed by atoms with Gasteiger partial charge in [0.05, 0.1) is 22.5 Å². The van der Waals surface area contributed by atoms with Crippen LogP contribution in [0, 0.1) is 0 Å². The fourth-order valence-corrected chi connectivity index (χ4v) is 3.35. The monoisotopic (exact) mass is 415 g/mol. The first-order valence-corrected chi connectivity index (χ1v) is 9.01. The minimum Gasteiger partial charge on any atom is -0.445 e. The van der Waals surface area contributed by atoms with Crippen molar-refractivity contribution >= 4 is 17.6 Å². The third-order valence-corrected chi connectivity index (χ3v) is 4.89. The quantitative estimate of drug-likeness (QED) is 0.657. The molecule has 1 unspecified atom stereocenters. The highest BCUT2D eigenvalue weighted by atomic mass is 19.4.